The molecular weight excluding hydrogens is 396 g/mol. The first kappa shape index (κ1) is 20.5. The molecule has 2 aromatic rings. The fourth-order valence-electron chi connectivity index (χ4n) is 4.03. The molecule has 1 amide bonds. The lowest BCUT2D eigenvalue weighted by molar-refractivity contribution is -0.128. The van der Waals surface area contributed by atoms with Gasteiger partial charge in [-0.15, -0.1) is 0 Å². The molecule has 6 nitrogen and oxygen atoms in total. The van der Waals surface area contributed by atoms with Gasteiger partial charge in [0.05, 0.1) is 18.4 Å². The Morgan fingerprint density at radius 2 is 1.90 bits per heavy atom. The molecule has 30 heavy (non-hydrogen) atoms. The van der Waals surface area contributed by atoms with Gasteiger partial charge in [-0.2, -0.15) is 5.26 Å². The summed E-state index contributed by atoms with van der Waals surface area (Å²) in [6.07, 6.45) is 4.27. The van der Waals surface area contributed by atoms with Crippen molar-refractivity contribution in [3.63, 3.8) is 0 Å². The van der Waals surface area contributed by atoms with E-state index in [4.69, 9.17) is 9.72 Å². The molecule has 1 fully saturated rings. The monoisotopic (exact) mass is 422 g/mol. The molecule has 4 rings (SSSR count). The van der Waals surface area contributed by atoms with Crippen molar-refractivity contribution in [1.29, 1.82) is 5.26 Å². The van der Waals surface area contributed by atoms with E-state index in [0.29, 0.717) is 29.4 Å². The summed E-state index contributed by atoms with van der Waals surface area (Å²) < 4.78 is 5.22. The molecule has 156 valence electrons. The summed E-state index contributed by atoms with van der Waals surface area (Å²) in [5.41, 5.74) is 4.04. The third kappa shape index (κ3) is 4.54. The van der Waals surface area contributed by atoms with Crippen LogP contribution < -0.4 is 9.64 Å². The Labute approximate surface area is 181 Å². The minimum absolute atomic E-state index is 0.109. The quantitative estimate of drug-likeness (QED) is 0.689. The molecule has 0 spiro atoms. The number of rotatable bonds is 5. The van der Waals surface area contributed by atoms with Crippen LogP contribution in [0.25, 0.3) is 0 Å². The van der Waals surface area contributed by atoms with E-state index in [9.17, 15) is 10.1 Å². The van der Waals surface area contributed by atoms with Crippen molar-refractivity contribution in [2.75, 3.05) is 43.9 Å². The number of carbonyl (C=O) groups is 1. The van der Waals surface area contributed by atoms with Crippen LogP contribution in [-0.4, -0.2) is 54.8 Å². The summed E-state index contributed by atoms with van der Waals surface area (Å²) in [4.78, 5) is 21.7. The summed E-state index contributed by atoms with van der Waals surface area (Å²) in [5, 5.41) is 10.2. The van der Waals surface area contributed by atoms with Crippen LogP contribution in [0.15, 0.2) is 35.4 Å². The molecular formula is C23H26N4O2S. The third-order valence-electron chi connectivity index (χ3n) is 5.79. The van der Waals surface area contributed by atoms with Crippen LogP contribution in [0.2, 0.25) is 0 Å². The summed E-state index contributed by atoms with van der Waals surface area (Å²) >= 11 is 1.40. The molecule has 1 saturated heterocycles. The average molecular weight is 423 g/mol. The van der Waals surface area contributed by atoms with Crippen LogP contribution in [0.5, 0.6) is 5.75 Å². The summed E-state index contributed by atoms with van der Waals surface area (Å²) in [5.74, 6) is 1.28. The van der Waals surface area contributed by atoms with Crippen LogP contribution in [0.4, 0.5) is 5.69 Å². The molecule has 2 aliphatic rings. The predicted molar refractivity (Wildman–Crippen MR) is 118 cm³/mol. The molecule has 0 unspecified atom stereocenters. The highest BCUT2D eigenvalue weighted by Gasteiger charge is 2.22. The van der Waals surface area contributed by atoms with Gasteiger partial charge in [-0.25, -0.2) is 4.98 Å². The number of aromatic nitrogens is 1. The molecule has 0 bridgehead atoms. The van der Waals surface area contributed by atoms with E-state index in [1.54, 1.807) is 7.11 Å². The first-order valence-electron chi connectivity index (χ1n) is 10.4. The number of ether oxygens (including phenoxy) is 1. The Bertz CT molecular complexity index is 947. The van der Waals surface area contributed by atoms with Gasteiger partial charge in [-0.05, 0) is 61.6 Å². The second-order valence-corrected chi connectivity index (χ2v) is 8.58. The van der Waals surface area contributed by atoms with E-state index in [0.717, 1.165) is 55.9 Å². The second kappa shape index (κ2) is 9.40. The molecule has 0 N–H and O–H groups in total. The van der Waals surface area contributed by atoms with E-state index in [-0.39, 0.29) is 5.91 Å². The number of piperazine rings is 1. The zero-order chi connectivity index (χ0) is 20.9. The van der Waals surface area contributed by atoms with Gasteiger partial charge in [-0.1, -0.05) is 11.8 Å². The number of hydrogen-bond acceptors (Lipinski definition) is 6. The summed E-state index contributed by atoms with van der Waals surface area (Å²) in [6, 6.07) is 12.3. The SMILES string of the molecule is COc1ccc(N2CCN(C(=O)CSc3nc4c(cc3C#N)CCCC4)CC2)cc1. The Balaban J connectivity index is 1.32. The number of carbonyl (C=O) groups excluding carboxylic acids is 1. The zero-order valence-electron chi connectivity index (χ0n) is 17.3. The van der Waals surface area contributed by atoms with Gasteiger partial charge >= 0.3 is 0 Å². The molecule has 1 aliphatic carbocycles. The van der Waals surface area contributed by atoms with Gasteiger partial charge in [0.15, 0.2) is 0 Å². The molecule has 1 aromatic carbocycles. The standard InChI is InChI=1S/C23H26N4O2S/c1-29-20-8-6-19(7-9-20)26-10-12-27(13-11-26)22(28)16-30-23-18(15-24)14-17-4-2-3-5-21(17)25-23/h6-9,14H,2-5,10-13,16H2,1H3. The predicted octanol–water partition coefficient (Wildman–Crippen LogP) is 3.28. The Kier molecular flexibility index (Phi) is 6.44. The van der Waals surface area contributed by atoms with Crippen LogP contribution in [-0.2, 0) is 17.6 Å². The van der Waals surface area contributed by atoms with Crippen molar-refractivity contribution >= 4 is 23.4 Å². The first-order valence-corrected chi connectivity index (χ1v) is 11.4. The molecule has 1 aromatic heterocycles. The van der Waals surface area contributed by atoms with Gasteiger partial charge in [0.2, 0.25) is 5.91 Å². The Morgan fingerprint density at radius 1 is 1.17 bits per heavy atom. The molecule has 0 atom stereocenters. The highest BCUT2D eigenvalue weighted by molar-refractivity contribution is 8.00. The highest BCUT2D eigenvalue weighted by Crippen LogP contribution is 2.28. The minimum Gasteiger partial charge on any atom is -0.497 e. The van der Waals surface area contributed by atoms with Crippen LogP contribution in [0.3, 0.4) is 0 Å². The van der Waals surface area contributed by atoms with Crippen molar-refractivity contribution in [2.45, 2.75) is 30.7 Å². The van der Waals surface area contributed by atoms with Crippen molar-refractivity contribution in [2.24, 2.45) is 0 Å². The lowest BCUT2D eigenvalue weighted by atomic mass is 9.95. The molecule has 7 heteroatoms. The Hall–Kier alpha value is -2.72. The Morgan fingerprint density at radius 3 is 2.60 bits per heavy atom. The minimum atomic E-state index is 0.109. The van der Waals surface area contributed by atoms with Crippen molar-refractivity contribution in [3.05, 3.63) is 47.2 Å². The van der Waals surface area contributed by atoms with E-state index in [1.807, 2.05) is 23.1 Å². The van der Waals surface area contributed by atoms with E-state index < -0.39 is 0 Å². The fraction of sp³-hybridized carbons (Fsp3) is 0.435. The van der Waals surface area contributed by atoms with E-state index >= 15 is 0 Å². The first-order chi connectivity index (χ1) is 14.7. The molecule has 0 saturated carbocycles. The smallest absolute Gasteiger partial charge is 0.233 e. The topological polar surface area (TPSA) is 69.5 Å². The number of fused-ring (bicyclic) bond motifs is 1. The lowest BCUT2D eigenvalue weighted by Gasteiger charge is -2.36. The molecule has 0 radical (unpaired) electrons. The fourth-order valence-corrected chi connectivity index (χ4v) is 4.91. The van der Waals surface area contributed by atoms with Crippen molar-refractivity contribution in [1.82, 2.24) is 9.88 Å². The van der Waals surface area contributed by atoms with Gasteiger partial charge in [-0.3, -0.25) is 4.79 Å². The maximum atomic E-state index is 12.7. The number of hydrogen-bond donors (Lipinski definition) is 0. The number of amides is 1. The zero-order valence-corrected chi connectivity index (χ0v) is 18.1. The van der Waals surface area contributed by atoms with Gasteiger partial charge in [0.25, 0.3) is 0 Å². The number of thioether (sulfide) groups is 1. The summed E-state index contributed by atoms with van der Waals surface area (Å²) in [7, 11) is 1.66. The van der Waals surface area contributed by atoms with Crippen LogP contribution >= 0.6 is 11.8 Å². The maximum Gasteiger partial charge on any atom is 0.233 e. The average Bonchev–Trinajstić information content (AvgIpc) is 2.82. The number of pyridine rings is 1. The number of nitrogens with zero attached hydrogens (tertiary/aromatic N) is 4. The van der Waals surface area contributed by atoms with Gasteiger partial charge in [0.1, 0.15) is 16.8 Å². The van der Waals surface area contributed by atoms with Gasteiger partial charge < -0.3 is 14.5 Å². The lowest BCUT2D eigenvalue weighted by Crippen LogP contribution is -2.49. The number of benzene rings is 1. The maximum absolute atomic E-state index is 12.7. The number of aryl methyl sites for hydroxylation is 2. The van der Waals surface area contributed by atoms with Gasteiger partial charge in [0, 0.05) is 37.6 Å². The molecule has 1 aliphatic heterocycles. The van der Waals surface area contributed by atoms with E-state index in [2.05, 4.69) is 23.1 Å². The largest absolute Gasteiger partial charge is 0.497 e. The number of nitriles is 1. The highest BCUT2D eigenvalue weighted by atomic mass is 32.2. The second-order valence-electron chi connectivity index (χ2n) is 7.62. The van der Waals surface area contributed by atoms with Crippen molar-refractivity contribution < 1.29 is 9.53 Å². The van der Waals surface area contributed by atoms with Crippen LogP contribution in [0, 0.1) is 11.3 Å². The van der Waals surface area contributed by atoms with Crippen LogP contribution in [0.1, 0.15) is 29.7 Å². The normalized spacial score (nSPS) is 16.0. The molecule has 2 heterocycles. The van der Waals surface area contributed by atoms with Crippen molar-refractivity contribution in [3.8, 4) is 11.8 Å². The number of anilines is 1. The summed E-state index contributed by atoms with van der Waals surface area (Å²) in [6.45, 7) is 3.02. The number of methoxy groups -OCH3 is 1. The van der Waals surface area contributed by atoms with E-state index in [1.165, 1.54) is 17.3 Å². The third-order valence-corrected chi connectivity index (χ3v) is 6.76.